The molecule has 1 amide bonds. The Kier molecular flexibility index (Phi) is 6.19. The van der Waals surface area contributed by atoms with E-state index in [1.165, 1.54) is 32.3 Å². The molecule has 0 radical (unpaired) electrons. The number of amides is 1. The third-order valence-corrected chi connectivity index (χ3v) is 6.24. The average Bonchev–Trinajstić information content (AvgIpc) is 2.89. The summed E-state index contributed by atoms with van der Waals surface area (Å²) in [5.74, 6) is -1.44. The molecule has 0 aliphatic carbocycles. The molecular formula is C15H20ClFN2O4S. The lowest BCUT2D eigenvalue weighted by Crippen LogP contribution is -2.44. The lowest BCUT2D eigenvalue weighted by molar-refractivity contribution is -0.121. The number of benzene rings is 1. The Morgan fingerprint density at radius 3 is 2.75 bits per heavy atom. The molecule has 0 saturated carbocycles. The van der Waals surface area contributed by atoms with E-state index in [1.54, 1.807) is 0 Å². The van der Waals surface area contributed by atoms with Gasteiger partial charge in [0.2, 0.25) is 15.9 Å². The first kappa shape index (κ1) is 19.1. The highest BCUT2D eigenvalue weighted by Gasteiger charge is 2.34. The Morgan fingerprint density at radius 1 is 1.42 bits per heavy atom. The van der Waals surface area contributed by atoms with Crippen LogP contribution in [0.4, 0.5) is 4.39 Å². The smallest absolute Gasteiger partial charge is 0.224 e. The van der Waals surface area contributed by atoms with Gasteiger partial charge < -0.3 is 10.1 Å². The van der Waals surface area contributed by atoms with Gasteiger partial charge in [-0.15, -0.1) is 0 Å². The van der Waals surface area contributed by atoms with Crippen LogP contribution in [0.3, 0.4) is 0 Å². The summed E-state index contributed by atoms with van der Waals surface area (Å²) in [6.07, 6.45) is -0.213. The number of nitrogens with zero attached hydrogens (tertiary/aromatic N) is 1. The molecule has 0 unspecified atom stereocenters. The SMILES string of the molecule is CN(C)S(=O)(=O)C[C@@H]1COC[C@@H]1NC(=O)Cc1c(F)cccc1Cl. The summed E-state index contributed by atoms with van der Waals surface area (Å²) in [4.78, 5) is 12.2. The van der Waals surface area contributed by atoms with Gasteiger partial charge in [0, 0.05) is 30.6 Å². The Labute approximate surface area is 146 Å². The van der Waals surface area contributed by atoms with Gasteiger partial charge in [-0.3, -0.25) is 4.79 Å². The van der Waals surface area contributed by atoms with Gasteiger partial charge in [-0.2, -0.15) is 0 Å². The maximum absolute atomic E-state index is 13.7. The van der Waals surface area contributed by atoms with Crippen molar-refractivity contribution in [1.82, 2.24) is 9.62 Å². The highest BCUT2D eigenvalue weighted by Crippen LogP contribution is 2.21. The quantitative estimate of drug-likeness (QED) is 0.802. The summed E-state index contributed by atoms with van der Waals surface area (Å²) < 4.78 is 44.2. The van der Waals surface area contributed by atoms with E-state index in [2.05, 4.69) is 5.32 Å². The maximum Gasteiger partial charge on any atom is 0.224 e. The number of hydrogen-bond donors (Lipinski definition) is 1. The monoisotopic (exact) mass is 378 g/mol. The summed E-state index contributed by atoms with van der Waals surface area (Å²) in [5.41, 5.74) is 0.119. The maximum atomic E-state index is 13.7. The first-order valence-electron chi connectivity index (χ1n) is 7.41. The van der Waals surface area contributed by atoms with Crippen LogP contribution in [0.25, 0.3) is 0 Å². The topological polar surface area (TPSA) is 75.7 Å². The van der Waals surface area contributed by atoms with Crippen molar-refractivity contribution in [3.8, 4) is 0 Å². The highest BCUT2D eigenvalue weighted by atomic mass is 35.5. The van der Waals surface area contributed by atoms with E-state index in [9.17, 15) is 17.6 Å². The fourth-order valence-electron chi connectivity index (χ4n) is 2.46. The molecule has 24 heavy (non-hydrogen) atoms. The standard InChI is InChI=1S/C15H20ClFN2O4S/c1-19(2)24(21,22)9-10-7-23-8-14(10)18-15(20)6-11-12(16)4-3-5-13(11)17/h3-5,10,14H,6-9H2,1-2H3,(H,18,20)/t10-,14-/m0/s1. The van der Waals surface area contributed by atoms with Crippen molar-refractivity contribution in [3.63, 3.8) is 0 Å². The van der Waals surface area contributed by atoms with Crippen LogP contribution in [0.5, 0.6) is 0 Å². The van der Waals surface area contributed by atoms with Gasteiger partial charge >= 0.3 is 0 Å². The second kappa shape index (κ2) is 7.77. The highest BCUT2D eigenvalue weighted by molar-refractivity contribution is 7.89. The van der Waals surface area contributed by atoms with E-state index < -0.39 is 27.8 Å². The van der Waals surface area contributed by atoms with Gasteiger partial charge in [-0.25, -0.2) is 17.1 Å². The zero-order chi connectivity index (χ0) is 17.9. The molecule has 1 fully saturated rings. The van der Waals surface area contributed by atoms with Crippen LogP contribution in [0.1, 0.15) is 5.56 Å². The van der Waals surface area contributed by atoms with Crippen molar-refractivity contribution >= 4 is 27.5 Å². The van der Waals surface area contributed by atoms with Gasteiger partial charge in [-0.05, 0) is 12.1 Å². The number of ether oxygens (including phenoxy) is 1. The van der Waals surface area contributed by atoms with Crippen LogP contribution in [0, 0.1) is 11.7 Å². The molecule has 6 nitrogen and oxygen atoms in total. The summed E-state index contributed by atoms with van der Waals surface area (Å²) >= 11 is 5.91. The van der Waals surface area contributed by atoms with Crippen molar-refractivity contribution in [2.24, 2.45) is 5.92 Å². The Morgan fingerprint density at radius 2 is 2.12 bits per heavy atom. The van der Waals surface area contributed by atoms with Crippen LogP contribution < -0.4 is 5.32 Å². The molecular weight excluding hydrogens is 359 g/mol. The molecule has 1 aromatic rings. The minimum Gasteiger partial charge on any atom is -0.379 e. The third kappa shape index (κ3) is 4.66. The number of halogens is 2. The van der Waals surface area contributed by atoms with Gasteiger partial charge in [0.1, 0.15) is 5.82 Å². The normalized spacial score (nSPS) is 21.2. The number of nitrogens with one attached hydrogen (secondary N) is 1. The number of carbonyl (C=O) groups excluding carboxylic acids is 1. The van der Waals surface area contributed by atoms with Crippen LogP contribution in [-0.2, 0) is 26.0 Å². The summed E-state index contributed by atoms with van der Waals surface area (Å²) in [5, 5.41) is 2.90. The molecule has 0 spiro atoms. The molecule has 2 rings (SSSR count). The molecule has 1 heterocycles. The van der Waals surface area contributed by atoms with Gasteiger partial charge in [0.25, 0.3) is 0 Å². The minimum absolute atomic E-state index is 0.119. The zero-order valence-corrected chi connectivity index (χ0v) is 15.0. The first-order chi connectivity index (χ1) is 11.2. The Balaban J connectivity index is 2.00. The Bertz CT molecular complexity index is 691. The van der Waals surface area contributed by atoms with E-state index in [0.717, 1.165) is 4.31 Å². The van der Waals surface area contributed by atoms with Crippen molar-refractivity contribution in [3.05, 3.63) is 34.6 Å². The molecule has 134 valence electrons. The van der Waals surface area contributed by atoms with Gasteiger partial charge in [-0.1, -0.05) is 17.7 Å². The molecule has 1 aromatic carbocycles. The van der Waals surface area contributed by atoms with E-state index in [-0.39, 0.29) is 41.9 Å². The lowest BCUT2D eigenvalue weighted by atomic mass is 10.1. The van der Waals surface area contributed by atoms with Crippen molar-refractivity contribution < 1.29 is 22.3 Å². The average molecular weight is 379 g/mol. The van der Waals surface area contributed by atoms with Crippen molar-refractivity contribution in [2.75, 3.05) is 33.1 Å². The van der Waals surface area contributed by atoms with Crippen molar-refractivity contribution in [2.45, 2.75) is 12.5 Å². The van der Waals surface area contributed by atoms with Crippen LogP contribution in [-0.4, -0.2) is 57.7 Å². The number of rotatable bonds is 6. The summed E-state index contributed by atoms with van der Waals surface area (Å²) in [6.45, 7) is 0.475. The van der Waals surface area contributed by atoms with Gasteiger partial charge in [0.05, 0.1) is 31.4 Å². The molecule has 2 atom stereocenters. The molecule has 1 aliphatic rings. The number of carbonyl (C=O) groups is 1. The Hall–Kier alpha value is -1.22. The molecule has 9 heteroatoms. The predicted octanol–water partition coefficient (Wildman–Crippen LogP) is 1.04. The van der Waals surface area contributed by atoms with Crippen LogP contribution >= 0.6 is 11.6 Å². The molecule has 1 saturated heterocycles. The minimum atomic E-state index is -3.40. The van der Waals surface area contributed by atoms with Gasteiger partial charge in [0.15, 0.2) is 0 Å². The number of sulfonamides is 1. The van der Waals surface area contributed by atoms with Crippen LogP contribution in [0.2, 0.25) is 5.02 Å². The van der Waals surface area contributed by atoms with Crippen LogP contribution in [0.15, 0.2) is 18.2 Å². The molecule has 0 aromatic heterocycles. The van der Waals surface area contributed by atoms with E-state index in [4.69, 9.17) is 16.3 Å². The fraction of sp³-hybridized carbons (Fsp3) is 0.533. The van der Waals surface area contributed by atoms with E-state index in [0.29, 0.717) is 0 Å². The van der Waals surface area contributed by atoms with E-state index >= 15 is 0 Å². The lowest BCUT2D eigenvalue weighted by Gasteiger charge is -2.21. The van der Waals surface area contributed by atoms with Crippen molar-refractivity contribution in [1.29, 1.82) is 0 Å². The fourth-order valence-corrected chi connectivity index (χ4v) is 3.86. The second-order valence-corrected chi connectivity index (χ2v) is 8.54. The van der Waals surface area contributed by atoms with E-state index in [1.807, 2.05) is 0 Å². The second-order valence-electron chi connectivity index (χ2n) is 5.91. The molecule has 0 bridgehead atoms. The first-order valence-corrected chi connectivity index (χ1v) is 9.39. The molecule has 1 aliphatic heterocycles. The largest absolute Gasteiger partial charge is 0.379 e. The zero-order valence-electron chi connectivity index (χ0n) is 13.5. The third-order valence-electron chi connectivity index (χ3n) is 3.92. The summed E-state index contributed by atoms with van der Waals surface area (Å²) in [7, 11) is -0.487. The molecule has 1 N–H and O–H groups in total. The summed E-state index contributed by atoms with van der Waals surface area (Å²) in [6, 6.07) is 3.78. The number of hydrogen-bond acceptors (Lipinski definition) is 4. The predicted molar refractivity (Wildman–Crippen MR) is 88.8 cm³/mol.